The molecule has 0 aromatic carbocycles. The highest BCUT2D eigenvalue weighted by molar-refractivity contribution is 7.09. The minimum atomic E-state index is 0.354. The van der Waals surface area contributed by atoms with E-state index in [1.807, 2.05) is 0 Å². The summed E-state index contributed by atoms with van der Waals surface area (Å²) in [5.41, 5.74) is 0. The Bertz CT molecular complexity index is 448. The smallest absolute Gasteiger partial charge is 0.223 e. The van der Waals surface area contributed by atoms with Gasteiger partial charge in [0.25, 0.3) is 0 Å². The lowest BCUT2D eigenvalue weighted by Gasteiger charge is -2.34. The molecule has 1 amide bonds. The third kappa shape index (κ3) is 4.32. The van der Waals surface area contributed by atoms with E-state index in [0.717, 1.165) is 51.4 Å². The molecule has 2 heterocycles. The number of ether oxygens (including phenoxy) is 1. The normalized spacial score (nSPS) is 20.4. The second-order valence-electron chi connectivity index (χ2n) is 6.63. The molecule has 1 saturated heterocycles. The van der Waals surface area contributed by atoms with Crippen LogP contribution in [0, 0.1) is 5.92 Å². The lowest BCUT2D eigenvalue weighted by atomic mass is 10.00. The van der Waals surface area contributed by atoms with Crippen LogP contribution in [-0.4, -0.2) is 30.1 Å². The molecular formula is C18H27NO2S. The first-order valence-electron chi connectivity index (χ1n) is 8.72. The Balaban J connectivity index is 1.59. The fourth-order valence-electron chi connectivity index (χ4n) is 3.76. The van der Waals surface area contributed by atoms with Crippen molar-refractivity contribution < 1.29 is 9.53 Å². The van der Waals surface area contributed by atoms with Crippen LogP contribution in [0.1, 0.15) is 56.2 Å². The Morgan fingerprint density at radius 3 is 2.68 bits per heavy atom. The van der Waals surface area contributed by atoms with Gasteiger partial charge in [0.1, 0.15) is 0 Å². The number of carbonyl (C=O) groups excluding carboxylic acids is 1. The highest BCUT2D eigenvalue weighted by atomic mass is 32.1. The van der Waals surface area contributed by atoms with Crippen LogP contribution in [0.4, 0.5) is 0 Å². The van der Waals surface area contributed by atoms with Crippen LogP contribution in [0.5, 0.6) is 0 Å². The summed E-state index contributed by atoms with van der Waals surface area (Å²) in [6.07, 6.45) is 9.16. The van der Waals surface area contributed by atoms with Crippen molar-refractivity contribution in [2.75, 3.05) is 13.2 Å². The third-order valence-electron chi connectivity index (χ3n) is 5.10. The summed E-state index contributed by atoms with van der Waals surface area (Å²) in [6, 6.07) is 4.58. The Kier molecular flexibility index (Phi) is 5.90. The molecule has 1 aromatic heterocycles. The number of hydrogen-bond acceptors (Lipinski definition) is 3. The molecule has 1 aliphatic heterocycles. The molecule has 2 fully saturated rings. The van der Waals surface area contributed by atoms with Crippen molar-refractivity contribution in [2.45, 2.75) is 64.0 Å². The molecule has 1 aromatic rings. The van der Waals surface area contributed by atoms with E-state index in [1.54, 1.807) is 11.3 Å². The largest absolute Gasteiger partial charge is 0.381 e. The molecular weight excluding hydrogens is 294 g/mol. The van der Waals surface area contributed by atoms with Crippen molar-refractivity contribution in [3.8, 4) is 0 Å². The van der Waals surface area contributed by atoms with Gasteiger partial charge in [-0.25, -0.2) is 0 Å². The highest BCUT2D eigenvalue weighted by Gasteiger charge is 2.27. The van der Waals surface area contributed by atoms with E-state index >= 15 is 0 Å². The van der Waals surface area contributed by atoms with Gasteiger partial charge in [-0.05, 0) is 36.6 Å². The fourth-order valence-corrected chi connectivity index (χ4v) is 4.46. The van der Waals surface area contributed by atoms with Crippen LogP contribution in [0.3, 0.4) is 0 Å². The quantitative estimate of drug-likeness (QED) is 0.785. The second kappa shape index (κ2) is 8.11. The number of amides is 1. The molecule has 0 radical (unpaired) electrons. The molecule has 0 N–H and O–H groups in total. The van der Waals surface area contributed by atoms with Gasteiger partial charge in [0.2, 0.25) is 5.91 Å². The number of nitrogens with zero attached hydrogens (tertiary/aromatic N) is 1. The molecule has 1 saturated carbocycles. The summed E-state index contributed by atoms with van der Waals surface area (Å²) in [4.78, 5) is 16.2. The van der Waals surface area contributed by atoms with E-state index in [9.17, 15) is 4.79 Å². The molecule has 3 nitrogen and oxygen atoms in total. The summed E-state index contributed by atoms with van der Waals surface area (Å²) in [5.74, 6) is 1.15. The van der Waals surface area contributed by atoms with Gasteiger partial charge in [-0.15, -0.1) is 11.3 Å². The molecule has 122 valence electrons. The number of thiophene rings is 1. The summed E-state index contributed by atoms with van der Waals surface area (Å²) in [6.45, 7) is 2.37. The molecule has 4 heteroatoms. The molecule has 0 spiro atoms. The van der Waals surface area contributed by atoms with Crippen LogP contribution in [0.25, 0.3) is 0 Å². The van der Waals surface area contributed by atoms with Crippen molar-refractivity contribution in [3.05, 3.63) is 22.4 Å². The van der Waals surface area contributed by atoms with E-state index in [-0.39, 0.29) is 0 Å². The van der Waals surface area contributed by atoms with E-state index in [1.165, 1.54) is 30.6 Å². The zero-order valence-electron chi connectivity index (χ0n) is 13.3. The monoisotopic (exact) mass is 321 g/mol. The Morgan fingerprint density at radius 2 is 2.00 bits per heavy atom. The lowest BCUT2D eigenvalue weighted by molar-refractivity contribution is -0.136. The van der Waals surface area contributed by atoms with Crippen molar-refractivity contribution in [3.63, 3.8) is 0 Å². The molecule has 2 aliphatic rings. The Hall–Kier alpha value is -0.870. The van der Waals surface area contributed by atoms with Crippen molar-refractivity contribution in [1.29, 1.82) is 0 Å². The minimum absolute atomic E-state index is 0.354. The molecule has 0 unspecified atom stereocenters. The maximum absolute atomic E-state index is 12.8. The van der Waals surface area contributed by atoms with Gasteiger partial charge in [0.05, 0.1) is 6.54 Å². The first-order valence-corrected chi connectivity index (χ1v) is 9.60. The summed E-state index contributed by atoms with van der Waals surface area (Å²) in [5, 5.41) is 2.10. The fraction of sp³-hybridized carbons (Fsp3) is 0.722. The van der Waals surface area contributed by atoms with Crippen LogP contribution in [0.15, 0.2) is 17.5 Å². The van der Waals surface area contributed by atoms with Gasteiger partial charge in [-0.3, -0.25) is 4.79 Å². The number of rotatable bonds is 6. The van der Waals surface area contributed by atoms with Gasteiger partial charge in [0.15, 0.2) is 0 Å². The van der Waals surface area contributed by atoms with Gasteiger partial charge < -0.3 is 9.64 Å². The third-order valence-corrected chi connectivity index (χ3v) is 5.96. The van der Waals surface area contributed by atoms with Gasteiger partial charge in [-0.2, -0.15) is 0 Å². The minimum Gasteiger partial charge on any atom is -0.381 e. The van der Waals surface area contributed by atoms with Gasteiger partial charge >= 0.3 is 0 Å². The second-order valence-corrected chi connectivity index (χ2v) is 7.67. The maximum atomic E-state index is 12.8. The number of carbonyl (C=O) groups is 1. The Labute approximate surface area is 137 Å². The summed E-state index contributed by atoms with van der Waals surface area (Å²) >= 11 is 1.75. The average molecular weight is 321 g/mol. The topological polar surface area (TPSA) is 29.5 Å². The molecule has 0 bridgehead atoms. The van der Waals surface area contributed by atoms with Crippen LogP contribution < -0.4 is 0 Å². The maximum Gasteiger partial charge on any atom is 0.223 e. The van der Waals surface area contributed by atoms with Crippen LogP contribution >= 0.6 is 11.3 Å². The highest BCUT2D eigenvalue weighted by Crippen LogP contribution is 2.29. The SMILES string of the molecule is O=C(CCC1CCCC1)N(Cc1cccs1)C1CCOCC1. The Morgan fingerprint density at radius 1 is 1.23 bits per heavy atom. The molecule has 3 rings (SSSR count). The molecule has 0 atom stereocenters. The van der Waals surface area contributed by atoms with Crippen molar-refractivity contribution in [2.24, 2.45) is 5.92 Å². The predicted molar refractivity (Wildman–Crippen MR) is 89.9 cm³/mol. The van der Waals surface area contributed by atoms with Crippen molar-refractivity contribution >= 4 is 17.2 Å². The summed E-state index contributed by atoms with van der Waals surface area (Å²) < 4.78 is 5.47. The van der Waals surface area contributed by atoms with Crippen LogP contribution in [0.2, 0.25) is 0 Å². The standard InChI is InChI=1S/C18H27NO2S/c20-18(8-7-15-4-1-2-5-15)19(14-17-6-3-13-22-17)16-9-11-21-12-10-16/h3,6,13,15-16H,1-2,4-5,7-12,14H2. The zero-order valence-corrected chi connectivity index (χ0v) is 14.2. The van der Waals surface area contributed by atoms with Crippen LogP contribution in [-0.2, 0) is 16.1 Å². The van der Waals surface area contributed by atoms with Crippen molar-refractivity contribution in [1.82, 2.24) is 4.90 Å². The van der Waals surface area contributed by atoms with Gasteiger partial charge in [-0.1, -0.05) is 31.7 Å². The molecule has 22 heavy (non-hydrogen) atoms. The lowest BCUT2D eigenvalue weighted by Crippen LogP contribution is -2.42. The van der Waals surface area contributed by atoms with Gasteiger partial charge in [0, 0.05) is 30.6 Å². The van der Waals surface area contributed by atoms with E-state index in [0.29, 0.717) is 11.9 Å². The average Bonchev–Trinajstić information content (AvgIpc) is 3.24. The van der Waals surface area contributed by atoms with E-state index in [2.05, 4.69) is 22.4 Å². The zero-order chi connectivity index (χ0) is 15.2. The summed E-state index contributed by atoms with van der Waals surface area (Å²) in [7, 11) is 0. The number of hydrogen-bond donors (Lipinski definition) is 0. The van der Waals surface area contributed by atoms with E-state index < -0.39 is 0 Å². The van der Waals surface area contributed by atoms with E-state index in [4.69, 9.17) is 4.74 Å². The predicted octanol–water partition coefficient (Wildman–Crippen LogP) is 4.23. The first kappa shape index (κ1) is 16.0. The first-order chi connectivity index (χ1) is 10.8. The molecule has 1 aliphatic carbocycles.